The molecule has 0 bridgehead atoms. The minimum Gasteiger partial charge on any atom is -0.478 e. The predicted molar refractivity (Wildman–Crippen MR) is 67.4 cm³/mol. The molecule has 0 aromatic carbocycles. The first-order valence-electron chi connectivity index (χ1n) is 5.78. The van der Waals surface area contributed by atoms with E-state index in [1.54, 1.807) is 0 Å². The number of nitrogens with zero attached hydrogens (tertiary/aromatic N) is 2. The molecule has 2 N–H and O–H groups in total. The van der Waals surface area contributed by atoms with E-state index in [0.29, 0.717) is 6.54 Å². The first kappa shape index (κ1) is 14.4. The Bertz CT molecular complexity index is 410. The Hall–Kier alpha value is -1.69. The quantitative estimate of drug-likeness (QED) is 0.726. The van der Waals surface area contributed by atoms with Crippen LogP contribution in [0.1, 0.15) is 23.2 Å². The van der Waals surface area contributed by atoms with Crippen LogP contribution in [0.3, 0.4) is 0 Å². The summed E-state index contributed by atoms with van der Waals surface area (Å²) in [6.07, 6.45) is 2.91. The zero-order valence-corrected chi connectivity index (χ0v) is 10.6. The number of carboxylic acids is 1. The van der Waals surface area contributed by atoms with Gasteiger partial charge in [-0.2, -0.15) is 0 Å². The van der Waals surface area contributed by atoms with Gasteiger partial charge in [-0.15, -0.1) is 0 Å². The molecular formula is C12H18FN3O2. The molecule has 1 aromatic rings. The summed E-state index contributed by atoms with van der Waals surface area (Å²) in [5.41, 5.74) is -0.136. The third-order valence-electron chi connectivity index (χ3n) is 2.41. The van der Waals surface area contributed by atoms with Crippen molar-refractivity contribution in [2.45, 2.75) is 12.8 Å². The van der Waals surface area contributed by atoms with E-state index in [-0.39, 0.29) is 11.4 Å². The fraction of sp³-hybridized carbons (Fsp3) is 0.500. The number of nitrogens with one attached hydrogen (secondary N) is 1. The first-order valence-corrected chi connectivity index (χ1v) is 5.78. The van der Waals surface area contributed by atoms with Crippen LogP contribution in [0.15, 0.2) is 12.3 Å². The zero-order valence-electron chi connectivity index (χ0n) is 10.6. The van der Waals surface area contributed by atoms with Crippen LogP contribution in [-0.2, 0) is 0 Å². The third kappa shape index (κ3) is 4.67. The van der Waals surface area contributed by atoms with Crippen LogP contribution in [0.2, 0.25) is 0 Å². The van der Waals surface area contributed by atoms with Crippen LogP contribution < -0.4 is 5.32 Å². The summed E-state index contributed by atoms with van der Waals surface area (Å²) < 4.78 is 12.9. The van der Waals surface area contributed by atoms with Crippen molar-refractivity contribution in [2.24, 2.45) is 0 Å². The Morgan fingerprint density at radius 2 is 2.22 bits per heavy atom. The molecule has 0 saturated carbocycles. The number of carboxylic acid groups (broad SMARTS) is 1. The number of carbonyl (C=O) groups is 1. The Balaban J connectivity index is 2.49. The van der Waals surface area contributed by atoms with Crippen molar-refractivity contribution >= 4 is 11.8 Å². The predicted octanol–water partition coefficient (Wildman–Crippen LogP) is 1.67. The van der Waals surface area contributed by atoms with Crippen LogP contribution in [0, 0.1) is 5.82 Å². The van der Waals surface area contributed by atoms with E-state index in [1.165, 1.54) is 0 Å². The van der Waals surface area contributed by atoms with E-state index in [2.05, 4.69) is 15.2 Å². The van der Waals surface area contributed by atoms with Crippen molar-refractivity contribution in [3.63, 3.8) is 0 Å². The second-order valence-electron chi connectivity index (χ2n) is 4.29. The highest BCUT2D eigenvalue weighted by Crippen LogP contribution is 2.13. The summed E-state index contributed by atoms with van der Waals surface area (Å²) in [5.74, 6) is -1.61. The second kappa shape index (κ2) is 6.90. The van der Waals surface area contributed by atoms with Crippen molar-refractivity contribution in [2.75, 3.05) is 32.5 Å². The highest BCUT2D eigenvalue weighted by Gasteiger charge is 2.12. The molecule has 1 rings (SSSR count). The van der Waals surface area contributed by atoms with Crippen LogP contribution in [-0.4, -0.2) is 48.1 Å². The highest BCUT2D eigenvalue weighted by atomic mass is 19.1. The van der Waals surface area contributed by atoms with Crippen molar-refractivity contribution in [1.29, 1.82) is 0 Å². The van der Waals surface area contributed by atoms with Gasteiger partial charge >= 0.3 is 5.97 Å². The lowest BCUT2D eigenvalue weighted by atomic mass is 10.2. The Labute approximate surface area is 106 Å². The summed E-state index contributed by atoms with van der Waals surface area (Å²) in [6, 6.07) is 0.970. The molecule has 1 heterocycles. The van der Waals surface area contributed by atoms with Crippen LogP contribution in [0.4, 0.5) is 10.2 Å². The Morgan fingerprint density at radius 3 is 2.83 bits per heavy atom. The minimum absolute atomic E-state index is 0.136. The molecule has 100 valence electrons. The van der Waals surface area contributed by atoms with Gasteiger partial charge in [0.15, 0.2) is 0 Å². The van der Waals surface area contributed by atoms with Gasteiger partial charge in [-0.05, 0) is 39.5 Å². The van der Waals surface area contributed by atoms with Gasteiger partial charge in [-0.3, -0.25) is 0 Å². The van der Waals surface area contributed by atoms with Crippen LogP contribution in [0.25, 0.3) is 0 Å². The third-order valence-corrected chi connectivity index (χ3v) is 2.41. The van der Waals surface area contributed by atoms with E-state index < -0.39 is 11.8 Å². The summed E-state index contributed by atoms with van der Waals surface area (Å²) >= 11 is 0. The van der Waals surface area contributed by atoms with Crippen LogP contribution >= 0.6 is 0 Å². The molecule has 0 spiro atoms. The molecule has 0 aliphatic rings. The maximum absolute atomic E-state index is 12.9. The number of aromatic nitrogens is 1. The number of aromatic carboxylic acids is 1. The fourth-order valence-corrected chi connectivity index (χ4v) is 1.50. The molecular weight excluding hydrogens is 237 g/mol. The molecule has 0 aliphatic carbocycles. The van der Waals surface area contributed by atoms with E-state index in [9.17, 15) is 9.18 Å². The summed E-state index contributed by atoms with van der Waals surface area (Å²) in [4.78, 5) is 16.7. The number of hydrogen-bond acceptors (Lipinski definition) is 4. The molecule has 6 heteroatoms. The highest BCUT2D eigenvalue weighted by molar-refractivity contribution is 5.93. The van der Waals surface area contributed by atoms with Gasteiger partial charge in [0, 0.05) is 6.54 Å². The topological polar surface area (TPSA) is 65.5 Å². The normalized spacial score (nSPS) is 10.7. The number of rotatable bonds is 7. The number of halogens is 1. The zero-order chi connectivity index (χ0) is 13.5. The Kier molecular flexibility index (Phi) is 5.51. The fourth-order valence-electron chi connectivity index (χ4n) is 1.50. The molecule has 0 atom stereocenters. The summed E-state index contributed by atoms with van der Waals surface area (Å²) in [7, 11) is 4.00. The maximum Gasteiger partial charge on any atom is 0.339 e. The van der Waals surface area contributed by atoms with Crippen LogP contribution in [0.5, 0.6) is 0 Å². The lowest BCUT2D eigenvalue weighted by molar-refractivity contribution is 0.0697. The van der Waals surface area contributed by atoms with Gasteiger partial charge in [0.2, 0.25) is 0 Å². The number of anilines is 1. The average molecular weight is 255 g/mol. The largest absolute Gasteiger partial charge is 0.478 e. The molecule has 0 fully saturated rings. The average Bonchev–Trinajstić information content (AvgIpc) is 2.29. The van der Waals surface area contributed by atoms with Crippen molar-refractivity contribution < 1.29 is 14.3 Å². The molecule has 0 aliphatic heterocycles. The molecule has 5 nitrogen and oxygen atoms in total. The van der Waals surface area contributed by atoms with E-state index in [1.807, 2.05) is 14.1 Å². The van der Waals surface area contributed by atoms with E-state index in [4.69, 9.17) is 5.11 Å². The molecule has 0 amide bonds. The monoisotopic (exact) mass is 255 g/mol. The second-order valence-corrected chi connectivity index (χ2v) is 4.29. The lowest BCUT2D eigenvalue weighted by Crippen LogP contribution is -2.15. The van der Waals surface area contributed by atoms with E-state index >= 15 is 0 Å². The van der Waals surface area contributed by atoms with Gasteiger partial charge in [-0.1, -0.05) is 0 Å². The smallest absolute Gasteiger partial charge is 0.339 e. The maximum atomic E-state index is 12.9. The van der Waals surface area contributed by atoms with Crippen molar-refractivity contribution in [3.8, 4) is 0 Å². The molecule has 0 unspecified atom stereocenters. The number of hydrogen-bond donors (Lipinski definition) is 2. The lowest BCUT2D eigenvalue weighted by Gasteiger charge is -2.10. The molecule has 0 saturated heterocycles. The number of pyridine rings is 1. The molecule has 18 heavy (non-hydrogen) atoms. The summed E-state index contributed by atoms with van der Waals surface area (Å²) in [5, 5.41) is 11.8. The minimum atomic E-state index is -1.18. The van der Waals surface area contributed by atoms with E-state index in [0.717, 1.165) is 31.6 Å². The Morgan fingerprint density at radius 1 is 1.50 bits per heavy atom. The van der Waals surface area contributed by atoms with Gasteiger partial charge in [0.05, 0.1) is 6.20 Å². The van der Waals surface area contributed by atoms with Gasteiger partial charge in [0.1, 0.15) is 17.2 Å². The molecule has 0 radical (unpaired) electrons. The summed E-state index contributed by atoms with van der Waals surface area (Å²) in [6.45, 7) is 1.59. The number of unbranched alkanes of at least 4 members (excludes halogenated alkanes) is 1. The standard InChI is InChI=1S/C12H18FN3O2/c1-16(2)6-4-3-5-14-11-10(12(17)18)7-9(13)8-15-11/h7-8H,3-6H2,1-2H3,(H,14,15)(H,17,18). The van der Waals surface area contributed by atoms with Gasteiger partial charge < -0.3 is 15.3 Å². The van der Waals surface area contributed by atoms with Gasteiger partial charge in [0.25, 0.3) is 0 Å². The first-order chi connectivity index (χ1) is 8.50. The SMILES string of the molecule is CN(C)CCCCNc1ncc(F)cc1C(=O)O. The van der Waals surface area contributed by atoms with Gasteiger partial charge in [-0.25, -0.2) is 14.2 Å². The van der Waals surface area contributed by atoms with Crippen molar-refractivity contribution in [3.05, 3.63) is 23.6 Å². The molecule has 1 aromatic heterocycles. The van der Waals surface area contributed by atoms with Crippen molar-refractivity contribution in [1.82, 2.24) is 9.88 Å².